The molecule has 1 aliphatic heterocycles. The minimum atomic E-state index is -1.21. The molecule has 0 radical (unpaired) electrons. The molecule has 0 bridgehead atoms. The summed E-state index contributed by atoms with van der Waals surface area (Å²) in [4.78, 5) is 20.6. The van der Waals surface area contributed by atoms with Crippen molar-refractivity contribution in [3.63, 3.8) is 0 Å². The van der Waals surface area contributed by atoms with E-state index in [-0.39, 0.29) is 12.0 Å². The van der Waals surface area contributed by atoms with Gasteiger partial charge in [0.05, 0.1) is 31.4 Å². The number of rotatable bonds is 3. The second kappa shape index (κ2) is 6.07. The van der Waals surface area contributed by atoms with Gasteiger partial charge in [-0.05, 0) is 5.56 Å². The van der Waals surface area contributed by atoms with Crippen molar-refractivity contribution in [3.05, 3.63) is 54.1 Å². The molecule has 0 aliphatic carbocycles. The van der Waals surface area contributed by atoms with Gasteiger partial charge in [-0.3, -0.25) is 4.79 Å². The Balaban J connectivity index is 1.70. The summed E-state index contributed by atoms with van der Waals surface area (Å²) in [6, 6.07) is 9.78. The normalized spacial score (nSPS) is 20.2. The Kier molecular flexibility index (Phi) is 3.98. The molecule has 2 atom stereocenters. The predicted molar refractivity (Wildman–Crippen MR) is 75.3 cm³/mol. The van der Waals surface area contributed by atoms with Crippen LogP contribution in [0.15, 0.2) is 42.9 Å². The second-order valence-electron chi connectivity index (χ2n) is 4.96. The Bertz CT molecular complexity index is 585. The van der Waals surface area contributed by atoms with Gasteiger partial charge in [0.1, 0.15) is 6.10 Å². The fourth-order valence-electron chi connectivity index (χ4n) is 2.44. The summed E-state index contributed by atoms with van der Waals surface area (Å²) >= 11 is 0. The summed E-state index contributed by atoms with van der Waals surface area (Å²) in [6.07, 6.45) is 1.54. The monoisotopic (exact) mass is 287 g/mol. The zero-order valence-electron chi connectivity index (χ0n) is 11.5. The van der Waals surface area contributed by atoms with Gasteiger partial charge in [-0.25, -0.2) is 4.98 Å². The number of hydrogen-bond acceptors (Lipinski definition) is 4. The van der Waals surface area contributed by atoms with Crippen molar-refractivity contribution >= 4 is 5.91 Å². The summed E-state index contributed by atoms with van der Waals surface area (Å²) in [5, 5.41) is 10.1. The van der Waals surface area contributed by atoms with Crippen LogP contribution in [0.25, 0.3) is 0 Å². The lowest BCUT2D eigenvalue weighted by molar-refractivity contribution is -0.148. The third kappa shape index (κ3) is 2.96. The minimum absolute atomic E-state index is 0.155. The first-order chi connectivity index (χ1) is 10.3. The molecule has 1 aromatic carbocycles. The van der Waals surface area contributed by atoms with E-state index >= 15 is 0 Å². The first-order valence-corrected chi connectivity index (χ1v) is 6.87. The molecule has 1 saturated heterocycles. The molecule has 1 aliphatic rings. The molecule has 2 aromatic rings. The smallest absolute Gasteiger partial charge is 0.257 e. The van der Waals surface area contributed by atoms with Crippen molar-refractivity contribution in [1.29, 1.82) is 0 Å². The summed E-state index contributed by atoms with van der Waals surface area (Å²) in [6.45, 7) is 1.38. The Morgan fingerprint density at radius 3 is 2.95 bits per heavy atom. The molecule has 110 valence electrons. The number of nitrogens with one attached hydrogen (secondary N) is 1. The zero-order chi connectivity index (χ0) is 14.7. The molecule has 2 heterocycles. The van der Waals surface area contributed by atoms with Gasteiger partial charge in [0.2, 0.25) is 0 Å². The maximum Gasteiger partial charge on any atom is 0.257 e. The van der Waals surface area contributed by atoms with Gasteiger partial charge in [0.25, 0.3) is 5.91 Å². The minimum Gasteiger partial charge on any atom is -0.377 e. The number of aliphatic hydroxyl groups excluding tert-OH is 1. The average molecular weight is 287 g/mol. The van der Waals surface area contributed by atoms with E-state index in [0.29, 0.717) is 25.4 Å². The number of carbonyl (C=O) groups excluding carboxylic acids is 1. The van der Waals surface area contributed by atoms with E-state index < -0.39 is 6.10 Å². The number of ether oxygens (including phenoxy) is 1. The molecule has 1 aromatic heterocycles. The topological polar surface area (TPSA) is 78.4 Å². The van der Waals surface area contributed by atoms with Gasteiger partial charge in [0, 0.05) is 6.54 Å². The molecule has 21 heavy (non-hydrogen) atoms. The summed E-state index contributed by atoms with van der Waals surface area (Å²) in [5.74, 6) is -0.330. The van der Waals surface area contributed by atoms with E-state index in [0.717, 1.165) is 5.56 Å². The highest BCUT2D eigenvalue weighted by atomic mass is 16.5. The number of amides is 1. The van der Waals surface area contributed by atoms with Crippen molar-refractivity contribution in [3.8, 4) is 0 Å². The number of aliphatic hydroxyl groups is 1. The fourth-order valence-corrected chi connectivity index (χ4v) is 2.44. The van der Waals surface area contributed by atoms with Gasteiger partial charge in [0.15, 0.2) is 6.10 Å². The number of benzene rings is 1. The first kappa shape index (κ1) is 13.8. The van der Waals surface area contributed by atoms with Crippen LogP contribution in [0.4, 0.5) is 0 Å². The number of H-pyrrole nitrogens is 1. The number of aromatic nitrogens is 2. The number of carbonyl (C=O) groups is 1. The number of imidazole rings is 1. The van der Waals surface area contributed by atoms with Crippen molar-refractivity contribution in [2.24, 2.45) is 0 Å². The fraction of sp³-hybridized carbons (Fsp3) is 0.333. The van der Waals surface area contributed by atoms with Gasteiger partial charge in [-0.1, -0.05) is 30.3 Å². The van der Waals surface area contributed by atoms with E-state index in [1.807, 2.05) is 30.3 Å². The molecule has 6 heteroatoms. The van der Waals surface area contributed by atoms with Crippen LogP contribution >= 0.6 is 0 Å². The highest BCUT2D eigenvalue weighted by Crippen LogP contribution is 2.24. The van der Waals surface area contributed by atoms with Crippen molar-refractivity contribution < 1.29 is 14.6 Å². The lowest BCUT2D eigenvalue weighted by Crippen LogP contribution is -2.44. The van der Waals surface area contributed by atoms with Crippen LogP contribution in [0, 0.1) is 0 Å². The average Bonchev–Trinajstić information content (AvgIpc) is 3.09. The van der Waals surface area contributed by atoms with Crippen LogP contribution in [-0.4, -0.2) is 45.6 Å². The largest absolute Gasteiger partial charge is 0.377 e. The van der Waals surface area contributed by atoms with Gasteiger partial charge >= 0.3 is 0 Å². The quantitative estimate of drug-likeness (QED) is 0.884. The second-order valence-corrected chi connectivity index (χ2v) is 4.96. The lowest BCUT2D eigenvalue weighted by Gasteiger charge is -2.34. The predicted octanol–water partition coefficient (Wildman–Crippen LogP) is 1.04. The highest BCUT2D eigenvalue weighted by molar-refractivity contribution is 5.81. The maximum atomic E-state index is 12.3. The molecule has 0 spiro atoms. The van der Waals surface area contributed by atoms with E-state index in [2.05, 4.69) is 9.97 Å². The van der Waals surface area contributed by atoms with Crippen LogP contribution < -0.4 is 0 Å². The van der Waals surface area contributed by atoms with Crippen LogP contribution in [0.3, 0.4) is 0 Å². The van der Waals surface area contributed by atoms with E-state index in [1.165, 1.54) is 12.5 Å². The van der Waals surface area contributed by atoms with Crippen LogP contribution in [0.5, 0.6) is 0 Å². The van der Waals surface area contributed by atoms with Crippen LogP contribution in [-0.2, 0) is 9.53 Å². The lowest BCUT2D eigenvalue weighted by atomic mass is 10.1. The molecular formula is C15H17N3O3. The SMILES string of the molecule is O=C(C(O)c1cnc[nH]1)N1CCOC(c2ccccc2)C1. The van der Waals surface area contributed by atoms with Crippen molar-refractivity contribution in [2.45, 2.75) is 12.2 Å². The summed E-state index contributed by atoms with van der Waals surface area (Å²) in [5.41, 5.74) is 1.44. The standard InChI is InChI=1S/C15H17N3O3/c19-14(12-8-16-10-17-12)15(20)18-6-7-21-13(9-18)11-4-2-1-3-5-11/h1-5,8,10,13-14,19H,6-7,9H2,(H,16,17). The van der Waals surface area contributed by atoms with Crippen LogP contribution in [0.1, 0.15) is 23.5 Å². The van der Waals surface area contributed by atoms with Gasteiger partial charge < -0.3 is 19.7 Å². The molecular weight excluding hydrogens is 270 g/mol. The van der Waals surface area contributed by atoms with E-state index in [4.69, 9.17) is 4.74 Å². The molecule has 6 nitrogen and oxygen atoms in total. The number of nitrogens with zero attached hydrogens (tertiary/aromatic N) is 2. The number of morpholine rings is 1. The van der Waals surface area contributed by atoms with Gasteiger partial charge in [-0.15, -0.1) is 0 Å². The van der Waals surface area contributed by atoms with E-state index in [9.17, 15) is 9.90 Å². The van der Waals surface area contributed by atoms with Gasteiger partial charge in [-0.2, -0.15) is 0 Å². The molecule has 0 saturated carbocycles. The van der Waals surface area contributed by atoms with E-state index in [1.54, 1.807) is 4.90 Å². The van der Waals surface area contributed by atoms with Crippen molar-refractivity contribution in [1.82, 2.24) is 14.9 Å². The Morgan fingerprint density at radius 2 is 2.24 bits per heavy atom. The highest BCUT2D eigenvalue weighted by Gasteiger charge is 2.30. The summed E-state index contributed by atoms with van der Waals surface area (Å²) < 4.78 is 5.72. The third-order valence-corrected chi connectivity index (χ3v) is 3.60. The molecule has 1 fully saturated rings. The van der Waals surface area contributed by atoms with Crippen molar-refractivity contribution in [2.75, 3.05) is 19.7 Å². The number of hydrogen-bond donors (Lipinski definition) is 2. The molecule has 2 unspecified atom stereocenters. The molecule has 2 N–H and O–H groups in total. The summed E-state index contributed by atoms with van der Waals surface area (Å²) in [7, 11) is 0. The van der Waals surface area contributed by atoms with Crippen LogP contribution in [0.2, 0.25) is 0 Å². The first-order valence-electron chi connectivity index (χ1n) is 6.87. The number of aromatic amines is 1. The Hall–Kier alpha value is -2.18. The third-order valence-electron chi connectivity index (χ3n) is 3.60. The zero-order valence-corrected chi connectivity index (χ0v) is 11.5. The maximum absolute atomic E-state index is 12.3. The Labute approximate surface area is 122 Å². The molecule has 1 amide bonds. The molecule has 3 rings (SSSR count). The Morgan fingerprint density at radius 1 is 1.43 bits per heavy atom.